The molecule has 1 aromatic heterocycles. The second-order valence-electron chi connectivity index (χ2n) is 5.89. The van der Waals surface area contributed by atoms with Crippen molar-refractivity contribution in [2.75, 3.05) is 0 Å². The molecule has 2 N–H and O–H groups in total. The summed E-state index contributed by atoms with van der Waals surface area (Å²) in [5.74, 6) is 0.606. The van der Waals surface area contributed by atoms with Crippen LogP contribution in [0, 0.1) is 0 Å². The van der Waals surface area contributed by atoms with Crippen molar-refractivity contribution in [1.82, 2.24) is 15.0 Å². The molecular weight excluding hydrogens is 278 g/mol. The Morgan fingerprint density at radius 3 is 2.45 bits per heavy atom. The molecule has 22 heavy (non-hydrogen) atoms. The van der Waals surface area contributed by atoms with Crippen LogP contribution in [0.2, 0.25) is 0 Å². The van der Waals surface area contributed by atoms with Gasteiger partial charge in [-0.1, -0.05) is 18.9 Å². The summed E-state index contributed by atoms with van der Waals surface area (Å²) in [7, 11) is 0. The zero-order valence-electron chi connectivity index (χ0n) is 12.1. The Morgan fingerprint density at radius 1 is 0.909 bits per heavy atom. The number of aromatic nitrogens is 3. The number of phenolic OH excluding ortho intramolecular Hbond substituents is 2. The van der Waals surface area contributed by atoms with E-state index in [0.717, 1.165) is 11.0 Å². The van der Waals surface area contributed by atoms with E-state index in [9.17, 15) is 10.2 Å². The molecule has 1 fully saturated rings. The lowest BCUT2D eigenvalue weighted by Crippen LogP contribution is -1.98. The monoisotopic (exact) mass is 295 g/mol. The summed E-state index contributed by atoms with van der Waals surface area (Å²) in [6, 6.07) is 10.6. The molecule has 0 saturated heterocycles. The number of benzene rings is 2. The minimum Gasteiger partial charge on any atom is -0.508 e. The van der Waals surface area contributed by atoms with E-state index >= 15 is 0 Å². The number of aromatic hydroxyl groups is 2. The van der Waals surface area contributed by atoms with Gasteiger partial charge in [-0.15, -0.1) is 15.0 Å². The minimum absolute atomic E-state index is 0.0153. The molecule has 2 aromatic carbocycles. The van der Waals surface area contributed by atoms with Crippen molar-refractivity contribution in [2.24, 2.45) is 0 Å². The minimum atomic E-state index is -0.0451. The second-order valence-corrected chi connectivity index (χ2v) is 5.89. The van der Waals surface area contributed by atoms with E-state index in [1.807, 2.05) is 6.07 Å². The molecule has 0 radical (unpaired) electrons. The Morgan fingerprint density at radius 2 is 1.68 bits per heavy atom. The van der Waals surface area contributed by atoms with Crippen molar-refractivity contribution in [1.29, 1.82) is 0 Å². The molecule has 0 atom stereocenters. The van der Waals surface area contributed by atoms with Crippen LogP contribution in [-0.2, 0) is 0 Å². The van der Waals surface area contributed by atoms with E-state index in [4.69, 9.17) is 0 Å². The number of phenols is 2. The van der Waals surface area contributed by atoms with E-state index < -0.39 is 0 Å². The van der Waals surface area contributed by atoms with Gasteiger partial charge in [0.05, 0.1) is 0 Å². The summed E-state index contributed by atoms with van der Waals surface area (Å²) in [6.45, 7) is 0. The average Bonchev–Trinajstić information content (AvgIpc) is 3.15. The first-order valence-electron chi connectivity index (χ1n) is 7.60. The zero-order valence-corrected chi connectivity index (χ0v) is 12.1. The van der Waals surface area contributed by atoms with Gasteiger partial charge in [-0.2, -0.15) is 0 Å². The molecule has 1 saturated carbocycles. The van der Waals surface area contributed by atoms with E-state index in [1.165, 1.54) is 48.2 Å². The highest BCUT2D eigenvalue weighted by atomic mass is 16.3. The van der Waals surface area contributed by atoms with Gasteiger partial charge in [-0.25, -0.2) is 0 Å². The molecule has 5 nitrogen and oxygen atoms in total. The number of hydrogen-bond acceptors (Lipinski definition) is 4. The first-order valence-corrected chi connectivity index (χ1v) is 7.60. The number of hydrogen-bond donors (Lipinski definition) is 2. The maximum Gasteiger partial charge on any atom is 0.146 e. The van der Waals surface area contributed by atoms with Gasteiger partial charge in [-0.3, -0.25) is 0 Å². The maximum absolute atomic E-state index is 9.94. The van der Waals surface area contributed by atoms with Crippen LogP contribution in [0.5, 0.6) is 11.5 Å². The largest absolute Gasteiger partial charge is 0.508 e. The predicted octanol–water partition coefficient (Wildman–Crippen LogP) is 3.49. The van der Waals surface area contributed by atoms with E-state index in [2.05, 4.69) is 22.3 Å². The Hall–Kier alpha value is -2.56. The van der Waals surface area contributed by atoms with Crippen LogP contribution in [0.4, 0.5) is 0 Å². The van der Waals surface area contributed by atoms with Crippen LogP contribution in [0.1, 0.15) is 37.2 Å². The van der Waals surface area contributed by atoms with Crippen LogP contribution in [0.15, 0.2) is 36.4 Å². The van der Waals surface area contributed by atoms with Crippen LogP contribution in [0.25, 0.3) is 16.7 Å². The molecule has 112 valence electrons. The molecule has 0 aliphatic heterocycles. The van der Waals surface area contributed by atoms with Crippen molar-refractivity contribution in [3.05, 3.63) is 42.0 Å². The fourth-order valence-corrected chi connectivity index (χ4v) is 3.23. The van der Waals surface area contributed by atoms with Crippen molar-refractivity contribution < 1.29 is 10.2 Å². The van der Waals surface area contributed by atoms with Crippen molar-refractivity contribution in [3.8, 4) is 17.2 Å². The summed E-state index contributed by atoms with van der Waals surface area (Å²) in [6.07, 6.45) is 5.10. The highest BCUT2D eigenvalue weighted by Gasteiger charge is 2.18. The van der Waals surface area contributed by atoms with Crippen molar-refractivity contribution >= 4 is 11.0 Å². The van der Waals surface area contributed by atoms with E-state index in [1.54, 1.807) is 6.07 Å². The molecule has 1 heterocycles. The third kappa shape index (κ3) is 2.19. The van der Waals surface area contributed by atoms with Gasteiger partial charge in [0.1, 0.15) is 28.2 Å². The average molecular weight is 295 g/mol. The third-order valence-electron chi connectivity index (χ3n) is 4.41. The molecule has 1 aliphatic rings. The van der Waals surface area contributed by atoms with E-state index in [0.29, 0.717) is 11.6 Å². The number of rotatable bonds is 2. The Labute approximate surface area is 127 Å². The van der Waals surface area contributed by atoms with Crippen LogP contribution < -0.4 is 0 Å². The fraction of sp³-hybridized carbons (Fsp3) is 0.294. The molecule has 0 spiro atoms. The third-order valence-corrected chi connectivity index (χ3v) is 4.41. The summed E-state index contributed by atoms with van der Waals surface area (Å²) in [5.41, 5.74) is 3.41. The predicted molar refractivity (Wildman–Crippen MR) is 83.4 cm³/mol. The van der Waals surface area contributed by atoms with Crippen LogP contribution >= 0.6 is 0 Å². The molecule has 3 aromatic rings. The summed E-state index contributed by atoms with van der Waals surface area (Å²) in [4.78, 5) is 1.41. The van der Waals surface area contributed by atoms with Crippen molar-refractivity contribution in [3.63, 3.8) is 0 Å². The van der Waals surface area contributed by atoms with Crippen molar-refractivity contribution in [2.45, 2.75) is 31.6 Å². The lowest BCUT2D eigenvalue weighted by Gasteiger charge is -2.07. The molecule has 0 amide bonds. The normalized spacial score (nSPS) is 15.6. The summed E-state index contributed by atoms with van der Waals surface area (Å²) < 4.78 is 0. The van der Waals surface area contributed by atoms with Crippen LogP contribution in [0.3, 0.4) is 0 Å². The molecule has 0 unspecified atom stereocenters. The first-order chi connectivity index (χ1) is 10.7. The number of nitrogens with zero attached hydrogens (tertiary/aromatic N) is 3. The molecule has 5 heteroatoms. The zero-order chi connectivity index (χ0) is 15.1. The highest BCUT2D eigenvalue weighted by Crippen LogP contribution is 2.35. The quantitative estimate of drug-likeness (QED) is 0.759. The van der Waals surface area contributed by atoms with Gasteiger partial charge in [0, 0.05) is 6.07 Å². The fourth-order valence-electron chi connectivity index (χ4n) is 3.23. The molecule has 4 rings (SSSR count). The standard InChI is InChI=1S/C17H17N3O2/c21-13-6-8-16(17(22)10-13)20-18-14-7-5-12(9-15(14)19-20)11-3-1-2-4-11/h5-11,21-22H,1-4H2. The van der Waals surface area contributed by atoms with E-state index in [-0.39, 0.29) is 11.5 Å². The van der Waals surface area contributed by atoms with Gasteiger partial charge in [0.15, 0.2) is 0 Å². The smallest absolute Gasteiger partial charge is 0.146 e. The van der Waals surface area contributed by atoms with Gasteiger partial charge in [0.25, 0.3) is 0 Å². The lowest BCUT2D eigenvalue weighted by atomic mass is 9.97. The molecule has 0 bridgehead atoms. The maximum atomic E-state index is 9.94. The van der Waals surface area contributed by atoms with Gasteiger partial charge >= 0.3 is 0 Å². The SMILES string of the molecule is Oc1ccc(-n2nc3ccc(C4CCCC4)cc3n2)c(O)c1. The molecular formula is C17H17N3O2. The second kappa shape index (κ2) is 5.02. The Balaban J connectivity index is 1.76. The Bertz CT molecular complexity index is 835. The van der Waals surface area contributed by atoms with Gasteiger partial charge in [0.2, 0.25) is 0 Å². The van der Waals surface area contributed by atoms with Gasteiger partial charge in [-0.05, 0) is 48.6 Å². The lowest BCUT2D eigenvalue weighted by molar-refractivity contribution is 0.446. The topological polar surface area (TPSA) is 71.2 Å². The summed E-state index contributed by atoms with van der Waals surface area (Å²) >= 11 is 0. The first kappa shape index (κ1) is 13.1. The number of fused-ring (bicyclic) bond motifs is 1. The van der Waals surface area contributed by atoms with Gasteiger partial charge < -0.3 is 10.2 Å². The van der Waals surface area contributed by atoms with Crippen LogP contribution in [-0.4, -0.2) is 25.2 Å². The highest BCUT2D eigenvalue weighted by molar-refractivity contribution is 5.75. The molecule has 1 aliphatic carbocycles. The Kier molecular flexibility index (Phi) is 2.99. The summed E-state index contributed by atoms with van der Waals surface area (Å²) in [5, 5.41) is 28.2.